The summed E-state index contributed by atoms with van der Waals surface area (Å²) < 4.78 is 28.1. The predicted molar refractivity (Wildman–Crippen MR) is 115 cm³/mol. The van der Waals surface area contributed by atoms with Crippen LogP contribution in [0.15, 0.2) is 77.7 Å². The maximum atomic E-state index is 12.4. The number of carbonyl (C=O) groups excluding carboxylic acids is 2. The maximum absolute atomic E-state index is 12.4. The van der Waals surface area contributed by atoms with E-state index in [-0.39, 0.29) is 16.7 Å². The number of hydrogen-bond donors (Lipinski definition) is 2. The molecule has 0 unspecified atom stereocenters. The first kappa shape index (κ1) is 21.1. The first-order valence-corrected chi connectivity index (χ1v) is 10.8. The summed E-state index contributed by atoms with van der Waals surface area (Å²) in [5.74, 6) is 0.0268. The quantitative estimate of drug-likeness (QED) is 0.630. The second-order valence-corrected chi connectivity index (χ2v) is 8.53. The molecule has 2 N–H and O–H groups in total. The highest BCUT2D eigenvalue weighted by Gasteiger charge is 2.11. The number of amides is 2. The predicted octanol–water partition coefficient (Wildman–Crippen LogP) is 3.60. The molecule has 30 heavy (non-hydrogen) atoms. The summed E-state index contributed by atoms with van der Waals surface area (Å²) in [6, 6.07) is 19.1. The number of anilines is 2. The van der Waals surface area contributed by atoms with Crippen LogP contribution in [-0.2, 0) is 9.84 Å². The monoisotopic (exact) mass is 424 g/mol. The zero-order valence-corrected chi connectivity index (χ0v) is 17.2. The molecule has 0 aliphatic rings. The molecule has 0 saturated heterocycles. The molecular formula is C22H20N2O5S. The van der Waals surface area contributed by atoms with Gasteiger partial charge in [-0.2, -0.15) is 0 Å². The van der Waals surface area contributed by atoms with E-state index in [9.17, 15) is 18.0 Å². The van der Waals surface area contributed by atoms with Gasteiger partial charge in [0, 0.05) is 28.8 Å². The van der Waals surface area contributed by atoms with Gasteiger partial charge in [-0.05, 0) is 72.8 Å². The topological polar surface area (TPSA) is 102 Å². The Morgan fingerprint density at radius 3 is 1.50 bits per heavy atom. The van der Waals surface area contributed by atoms with E-state index in [1.54, 1.807) is 55.6 Å². The molecule has 0 aromatic heterocycles. The minimum absolute atomic E-state index is 0.145. The SMILES string of the molecule is COc1ccc(NC(=O)c2ccc(NC(=O)c3ccc(S(C)(=O)=O)cc3)cc2)cc1. The molecule has 7 nitrogen and oxygen atoms in total. The maximum Gasteiger partial charge on any atom is 0.255 e. The molecule has 0 bridgehead atoms. The van der Waals surface area contributed by atoms with Crippen LogP contribution in [-0.4, -0.2) is 33.6 Å². The van der Waals surface area contributed by atoms with Crippen LogP contribution in [0.1, 0.15) is 20.7 Å². The van der Waals surface area contributed by atoms with Gasteiger partial charge in [-0.25, -0.2) is 8.42 Å². The van der Waals surface area contributed by atoms with E-state index in [1.165, 1.54) is 24.3 Å². The normalized spacial score (nSPS) is 10.9. The lowest BCUT2D eigenvalue weighted by Crippen LogP contribution is -2.14. The van der Waals surface area contributed by atoms with E-state index in [4.69, 9.17) is 4.74 Å². The van der Waals surface area contributed by atoms with Crippen molar-refractivity contribution in [3.8, 4) is 5.75 Å². The fourth-order valence-corrected chi connectivity index (χ4v) is 3.27. The molecule has 2 amide bonds. The van der Waals surface area contributed by atoms with E-state index >= 15 is 0 Å². The summed E-state index contributed by atoms with van der Waals surface area (Å²) >= 11 is 0. The van der Waals surface area contributed by atoms with Crippen molar-refractivity contribution in [2.75, 3.05) is 24.0 Å². The molecule has 0 radical (unpaired) electrons. The summed E-state index contributed by atoms with van der Waals surface area (Å²) in [4.78, 5) is 24.8. The van der Waals surface area contributed by atoms with Gasteiger partial charge in [0.25, 0.3) is 11.8 Å². The van der Waals surface area contributed by atoms with E-state index < -0.39 is 9.84 Å². The van der Waals surface area contributed by atoms with Gasteiger partial charge in [0.05, 0.1) is 12.0 Å². The largest absolute Gasteiger partial charge is 0.497 e. The standard InChI is InChI=1S/C22H20N2O5S/c1-29-19-11-9-18(10-12-19)24-21(25)15-3-7-17(8-4-15)23-22(26)16-5-13-20(14-6-16)30(2,27)28/h3-14H,1-2H3,(H,23,26)(H,24,25). The summed E-state index contributed by atoms with van der Waals surface area (Å²) in [6.45, 7) is 0. The second kappa shape index (κ2) is 8.79. The van der Waals surface area contributed by atoms with E-state index in [2.05, 4.69) is 10.6 Å². The van der Waals surface area contributed by atoms with Crippen LogP contribution in [0.3, 0.4) is 0 Å². The highest BCUT2D eigenvalue weighted by molar-refractivity contribution is 7.90. The second-order valence-electron chi connectivity index (χ2n) is 6.51. The molecule has 0 atom stereocenters. The molecule has 3 aromatic rings. The van der Waals surface area contributed by atoms with Crippen molar-refractivity contribution in [3.63, 3.8) is 0 Å². The van der Waals surface area contributed by atoms with E-state index in [1.807, 2.05) is 0 Å². The fourth-order valence-electron chi connectivity index (χ4n) is 2.64. The molecule has 0 saturated carbocycles. The number of benzene rings is 3. The molecule has 8 heteroatoms. The Labute approximate surface area is 174 Å². The summed E-state index contributed by atoms with van der Waals surface area (Å²) in [7, 11) is -1.75. The van der Waals surface area contributed by atoms with Crippen LogP contribution in [0.5, 0.6) is 5.75 Å². The third-order valence-corrected chi connectivity index (χ3v) is 5.43. The van der Waals surface area contributed by atoms with Crippen molar-refractivity contribution in [1.29, 1.82) is 0 Å². The fraction of sp³-hybridized carbons (Fsp3) is 0.0909. The third kappa shape index (κ3) is 5.24. The Morgan fingerprint density at radius 2 is 1.10 bits per heavy atom. The first-order valence-electron chi connectivity index (χ1n) is 8.93. The van der Waals surface area contributed by atoms with Crippen molar-refractivity contribution in [2.45, 2.75) is 4.90 Å². The van der Waals surface area contributed by atoms with Crippen LogP contribution >= 0.6 is 0 Å². The van der Waals surface area contributed by atoms with Crippen LogP contribution in [0.25, 0.3) is 0 Å². The van der Waals surface area contributed by atoms with Crippen molar-refractivity contribution in [3.05, 3.63) is 83.9 Å². The smallest absolute Gasteiger partial charge is 0.255 e. The van der Waals surface area contributed by atoms with Gasteiger partial charge < -0.3 is 15.4 Å². The number of rotatable bonds is 6. The zero-order chi connectivity index (χ0) is 21.7. The Kier molecular flexibility index (Phi) is 6.17. The molecule has 0 heterocycles. The first-order chi connectivity index (χ1) is 14.3. The van der Waals surface area contributed by atoms with Crippen LogP contribution in [0.4, 0.5) is 11.4 Å². The lowest BCUT2D eigenvalue weighted by Gasteiger charge is -2.08. The Morgan fingerprint density at radius 1 is 0.700 bits per heavy atom. The van der Waals surface area contributed by atoms with Gasteiger partial charge in [0.2, 0.25) is 0 Å². The summed E-state index contributed by atoms with van der Waals surface area (Å²) in [6.07, 6.45) is 1.11. The lowest BCUT2D eigenvalue weighted by molar-refractivity contribution is 0.102. The number of sulfone groups is 1. The van der Waals surface area contributed by atoms with Crippen molar-refractivity contribution < 1.29 is 22.7 Å². The molecule has 0 aliphatic heterocycles. The number of hydrogen-bond acceptors (Lipinski definition) is 5. The Bertz CT molecular complexity index is 1150. The molecule has 0 fully saturated rings. The zero-order valence-electron chi connectivity index (χ0n) is 16.4. The van der Waals surface area contributed by atoms with Gasteiger partial charge >= 0.3 is 0 Å². The van der Waals surface area contributed by atoms with Crippen molar-refractivity contribution >= 4 is 33.0 Å². The van der Waals surface area contributed by atoms with E-state index in [0.717, 1.165) is 6.26 Å². The van der Waals surface area contributed by atoms with Gasteiger partial charge in [-0.15, -0.1) is 0 Å². The van der Waals surface area contributed by atoms with Gasteiger partial charge in [-0.1, -0.05) is 0 Å². The molecule has 0 spiro atoms. The number of ether oxygens (including phenoxy) is 1. The van der Waals surface area contributed by atoms with Crippen LogP contribution in [0.2, 0.25) is 0 Å². The van der Waals surface area contributed by atoms with E-state index in [0.29, 0.717) is 28.3 Å². The molecule has 3 rings (SSSR count). The van der Waals surface area contributed by atoms with Gasteiger partial charge in [0.1, 0.15) is 5.75 Å². The average molecular weight is 424 g/mol. The highest BCUT2D eigenvalue weighted by Crippen LogP contribution is 2.17. The number of nitrogens with one attached hydrogen (secondary N) is 2. The molecule has 0 aliphatic carbocycles. The minimum atomic E-state index is -3.32. The number of methoxy groups -OCH3 is 1. The third-order valence-electron chi connectivity index (χ3n) is 4.30. The van der Waals surface area contributed by atoms with Crippen LogP contribution < -0.4 is 15.4 Å². The lowest BCUT2D eigenvalue weighted by atomic mass is 10.1. The average Bonchev–Trinajstić information content (AvgIpc) is 2.74. The molecule has 154 valence electrons. The van der Waals surface area contributed by atoms with Crippen molar-refractivity contribution in [1.82, 2.24) is 0 Å². The Balaban J connectivity index is 1.63. The van der Waals surface area contributed by atoms with Crippen molar-refractivity contribution in [2.24, 2.45) is 0 Å². The highest BCUT2D eigenvalue weighted by atomic mass is 32.2. The van der Waals surface area contributed by atoms with Crippen LogP contribution in [0, 0.1) is 0 Å². The summed E-state index contributed by atoms with van der Waals surface area (Å²) in [5, 5.41) is 5.49. The molecular weight excluding hydrogens is 404 g/mol. The van der Waals surface area contributed by atoms with Gasteiger partial charge in [-0.3, -0.25) is 9.59 Å². The Hall–Kier alpha value is -3.65. The van der Waals surface area contributed by atoms with Gasteiger partial charge in [0.15, 0.2) is 9.84 Å². The number of carbonyl (C=O) groups is 2. The summed E-state index contributed by atoms with van der Waals surface area (Å²) in [5.41, 5.74) is 1.90. The molecule has 3 aromatic carbocycles. The minimum Gasteiger partial charge on any atom is -0.497 e.